The second-order valence-corrected chi connectivity index (χ2v) is 4.90. The van der Waals surface area contributed by atoms with Gasteiger partial charge in [0, 0.05) is 12.2 Å². The number of hydrogen-bond acceptors (Lipinski definition) is 3. The summed E-state index contributed by atoms with van der Waals surface area (Å²) < 4.78 is 20.7. The summed E-state index contributed by atoms with van der Waals surface area (Å²) in [7, 11) is 0. The Kier molecular flexibility index (Phi) is 3.06. The maximum absolute atomic E-state index is 13.5. The van der Waals surface area contributed by atoms with Crippen molar-refractivity contribution in [2.75, 3.05) is 13.2 Å². The number of ether oxygens (including phenoxy) is 1. The molecule has 1 fully saturated rings. The molecular formula is C14H16FN3O. The van der Waals surface area contributed by atoms with E-state index in [1.54, 1.807) is 6.07 Å². The van der Waals surface area contributed by atoms with Crippen LogP contribution in [-0.2, 0) is 4.74 Å². The van der Waals surface area contributed by atoms with Gasteiger partial charge in [-0.15, -0.1) is 0 Å². The van der Waals surface area contributed by atoms with Crippen LogP contribution in [0.4, 0.5) is 4.39 Å². The summed E-state index contributed by atoms with van der Waals surface area (Å²) in [6.07, 6.45) is 0.921. The van der Waals surface area contributed by atoms with Crippen LogP contribution < -0.4 is 0 Å². The lowest BCUT2D eigenvalue weighted by Crippen LogP contribution is -2.12. The number of aromatic nitrogens is 3. The summed E-state index contributed by atoms with van der Waals surface area (Å²) in [4.78, 5) is 4.46. The second-order valence-electron chi connectivity index (χ2n) is 4.90. The molecule has 0 aliphatic carbocycles. The highest BCUT2D eigenvalue weighted by molar-refractivity contribution is 5.60. The average Bonchev–Trinajstić information content (AvgIpc) is 3.00. The van der Waals surface area contributed by atoms with Gasteiger partial charge in [-0.2, -0.15) is 5.10 Å². The minimum Gasteiger partial charge on any atom is -0.379 e. The van der Waals surface area contributed by atoms with Gasteiger partial charge in [0.15, 0.2) is 5.82 Å². The molecule has 1 aliphatic rings. The van der Waals surface area contributed by atoms with Crippen LogP contribution in [0.1, 0.15) is 23.9 Å². The van der Waals surface area contributed by atoms with Gasteiger partial charge in [-0.25, -0.2) is 14.1 Å². The standard InChI is InChI=1S/C14H16FN3O/c1-9-3-4-11(15)7-13(9)14-16-10(2)17-18(14)12-5-6-19-8-12/h3-4,7,12H,5-6,8H2,1-2H3. The molecule has 5 heteroatoms. The number of nitrogens with zero attached hydrogens (tertiary/aromatic N) is 3. The smallest absolute Gasteiger partial charge is 0.159 e. The zero-order valence-corrected chi connectivity index (χ0v) is 11.1. The van der Waals surface area contributed by atoms with Crippen molar-refractivity contribution in [3.63, 3.8) is 0 Å². The number of aryl methyl sites for hydroxylation is 2. The molecule has 100 valence electrons. The highest BCUT2D eigenvalue weighted by Gasteiger charge is 2.23. The van der Waals surface area contributed by atoms with Crippen LogP contribution in [0.3, 0.4) is 0 Å². The summed E-state index contributed by atoms with van der Waals surface area (Å²) in [5.41, 5.74) is 1.79. The number of halogens is 1. The number of hydrogen-bond donors (Lipinski definition) is 0. The summed E-state index contributed by atoms with van der Waals surface area (Å²) >= 11 is 0. The molecule has 0 spiro atoms. The summed E-state index contributed by atoms with van der Waals surface area (Å²) in [5.74, 6) is 1.17. The molecule has 0 bridgehead atoms. The maximum Gasteiger partial charge on any atom is 0.159 e. The fraction of sp³-hybridized carbons (Fsp3) is 0.429. The molecule has 0 amide bonds. The first kappa shape index (κ1) is 12.3. The third-order valence-corrected chi connectivity index (χ3v) is 3.43. The molecule has 1 aromatic heterocycles. The number of rotatable bonds is 2. The fourth-order valence-corrected chi connectivity index (χ4v) is 2.42. The number of benzene rings is 1. The molecule has 2 heterocycles. The average molecular weight is 261 g/mol. The highest BCUT2D eigenvalue weighted by atomic mass is 19.1. The van der Waals surface area contributed by atoms with Crippen molar-refractivity contribution < 1.29 is 9.13 Å². The quantitative estimate of drug-likeness (QED) is 0.834. The van der Waals surface area contributed by atoms with Crippen molar-refractivity contribution in [2.45, 2.75) is 26.3 Å². The first-order chi connectivity index (χ1) is 9.15. The van der Waals surface area contributed by atoms with E-state index in [0.29, 0.717) is 12.4 Å². The molecule has 19 heavy (non-hydrogen) atoms. The lowest BCUT2D eigenvalue weighted by molar-refractivity contribution is 0.184. The van der Waals surface area contributed by atoms with Crippen molar-refractivity contribution in [1.29, 1.82) is 0 Å². The summed E-state index contributed by atoms with van der Waals surface area (Å²) in [5, 5.41) is 4.44. The minimum atomic E-state index is -0.254. The second kappa shape index (κ2) is 4.74. The molecular weight excluding hydrogens is 245 g/mol. The van der Waals surface area contributed by atoms with Crippen LogP contribution in [0.2, 0.25) is 0 Å². The van der Waals surface area contributed by atoms with Gasteiger partial charge in [0.2, 0.25) is 0 Å². The van der Waals surface area contributed by atoms with Crippen LogP contribution in [-0.4, -0.2) is 28.0 Å². The topological polar surface area (TPSA) is 39.9 Å². The molecule has 1 aliphatic heterocycles. The molecule has 1 unspecified atom stereocenters. The van der Waals surface area contributed by atoms with Gasteiger partial charge in [-0.1, -0.05) is 6.07 Å². The first-order valence-electron chi connectivity index (χ1n) is 6.42. The van der Waals surface area contributed by atoms with Gasteiger partial charge in [0.25, 0.3) is 0 Å². The highest BCUT2D eigenvalue weighted by Crippen LogP contribution is 2.28. The maximum atomic E-state index is 13.5. The molecule has 0 saturated carbocycles. The minimum absolute atomic E-state index is 0.193. The fourth-order valence-electron chi connectivity index (χ4n) is 2.42. The van der Waals surface area contributed by atoms with Crippen molar-refractivity contribution >= 4 is 0 Å². The largest absolute Gasteiger partial charge is 0.379 e. The van der Waals surface area contributed by atoms with Gasteiger partial charge >= 0.3 is 0 Å². The zero-order chi connectivity index (χ0) is 13.4. The van der Waals surface area contributed by atoms with Crippen molar-refractivity contribution in [3.8, 4) is 11.4 Å². The lowest BCUT2D eigenvalue weighted by atomic mass is 10.1. The van der Waals surface area contributed by atoms with E-state index in [0.717, 1.165) is 30.0 Å². The normalized spacial score (nSPS) is 19.0. The van der Waals surface area contributed by atoms with E-state index in [9.17, 15) is 4.39 Å². The molecule has 1 aromatic carbocycles. The van der Waals surface area contributed by atoms with E-state index in [4.69, 9.17) is 4.74 Å². The Morgan fingerprint density at radius 1 is 1.37 bits per heavy atom. The molecule has 4 nitrogen and oxygen atoms in total. The van der Waals surface area contributed by atoms with Gasteiger partial charge in [-0.05, 0) is 38.0 Å². The van der Waals surface area contributed by atoms with E-state index in [1.807, 2.05) is 18.5 Å². The van der Waals surface area contributed by atoms with Gasteiger partial charge in [0.1, 0.15) is 11.6 Å². The van der Waals surface area contributed by atoms with Gasteiger partial charge in [-0.3, -0.25) is 0 Å². The monoisotopic (exact) mass is 261 g/mol. The molecule has 0 radical (unpaired) electrons. The van der Waals surface area contributed by atoms with Gasteiger partial charge in [0.05, 0.1) is 12.6 Å². The predicted octanol–water partition coefficient (Wildman–Crippen LogP) is 2.66. The van der Waals surface area contributed by atoms with Crippen LogP contribution in [0.15, 0.2) is 18.2 Å². The van der Waals surface area contributed by atoms with Crippen LogP contribution in [0.25, 0.3) is 11.4 Å². The van der Waals surface area contributed by atoms with Crippen LogP contribution in [0, 0.1) is 19.7 Å². The Balaban J connectivity index is 2.11. The molecule has 3 rings (SSSR count). The van der Waals surface area contributed by atoms with E-state index >= 15 is 0 Å². The van der Waals surface area contributed by atoms with E-state index in [2.05, 4.69) is 10.1 Å². The van der Waals surface area contributed by atoms with E-state index < -0.39 is 0 Å². The summed E-state index contributed by atoms with van der Waals surface area (Å²) in [6, 6.07) is 4.94. The Morgan fingerprint density at radius 2 is 2.21 bits per heavy atom. The Morgan fingerprint density at radius 3 is 2.95 bits per heavy atom. The summed E-state index contributed by atoms with van der Waals surface area (Å²) in [6.45, 7) is 5.19. The van der Waals surface area contributed by atoms with E-state index in [-0.39, 0.29) is 11.9 Å². The zero-order valence-electron chi connectivity index (χ0n) is 11.1. The van der Waals surface area contributed by atoms with Crippen LogP contribution in [0.5, 0.6) is 0 Å². The van der Waals surface area contributed by atoms with Crippen molar-refractivity contribution in [2.24, 2.45) is 0 Å². The van der Waals surface area contributed by atoms with Gasteiger partial charge < -0.3 is 4.74 Å². The third-order valence-electron chi connectivity index (χ3n) is 3.43. The molecule has 1 atom stereocenters. The Hall–Kier alpha value is -1.75. The predicted molar refractivity (Wildman–Crippen MR) is 69.4 cm³/mol. The third kappa shape index (κ3) is 2.26. The molecule has 1 saturated heterocycles. The first-order valence-corrected chi connectivity index (χ1v) is 6.42. The molecule has 0 N–H and O–H groups in total. The molecule has 2 aromatic rings. The Bertz CT molecular complexity index is 603. The lowest BCUT2D eigenvalue weighted by Gasteiger charge is -2.12. The Labute approximate surface area is 111 Å². The SMILES string of the molecule is Cc1nc(-c2cc(F)ccc2C)n(C2CCOC2)n1. The van der Waals surface area contributed by atoms with Crippen molar-refractivity contribution in [1.82, 2.24) is 14.8 Å². The van der Waals surface area contributed by atoms with E-state index in [1.165, 1.54) is 12.1 Å². The van der Waals surface area contributed by atoms with Crippen molar-refractivity contribution in [3.05, 3.63) is 35.4 Å². The van der Waals surface area contributed by atoms with Crippen LogP contribution >= 0.6 is 0 Å².